The third kappa shape index (κ3) is 12.8. The van der Waals surface area contributed by atoms with Crippen molar-refractivity contribution in [1.29, 1.82) is 0 Å². The first-order valence-corrected chi connectivity index (χ1v) is 10.7. The second kappa shape index (κ2) is 15.0. The smallest absolute Gasteiger partial charge is 0.213 e. The van der Waals surface area contributed by atoms with Crippen molar-refractivity contribution in [1.82, 2.24) is 15.4 Å². The van der Waals surface area contributed by atoms with Crippen molar-refractivity contribution in [2.24, 2.45) is 10.9 Å². The lowest BCUT2D eigenvalue weighted by molar-refractivity contribution is 0.129. The van der Waals surface area contributed by atoms with Gasteiger partial charge < -0.3 is 15.4 Å². The standard InChI is InChI=1S/C16H34N4O3S.HI/c1-3-4-11-23-12-6-9-18-16(17-2)19-10-13-24(21,22)20-14-15-7-5-8-15;/h15,20H,3-14H2,1-2H3,(H2,17,18,19);1H. The van der Waals surface area contributed by atoms with Gasteiger partial charge in [0.15, 0.2) is 5.96 Å². The normalized spacial score (nSPS) is 15.4. The average Bonchev–Trinajstić information content (AvgIpc) is 2.50. The van der Waals surface area contributed by atoms with Gasteiger partial charge in [0.2, 0.25) is 10.0 Å². The lowest BCUT2D eigenvalue weighted by atomic mass is 9.86. The van der Waals surface area contributed by atoms with E-state index in [0.717, 1.165) is 51.9 Å². The van der Waals surface area contributed by atoms with Crippen LogP contribution < -0.4 is 15.4 Å². The third-order valence-electron chi connectivity index (χ3n) is 4.10. The van der Waals surface area contributed by atoms with E-state index >= 15 is 0 Å². The highest BCUT2D eigenvalue weighted by Crippen LogP contribution is 2.25. The summed E-state index contributed by atoms with van der Waals surface area (Å²) in [6, 6.07) is 0. The van der Waals surface area contributed by atoms with Crippen LogP contribution >= 0.6 is 24.0 Å². The summed E-state index contributed by atoms with van der Waals surface area (Å²) in [5.41, 5.74) is 0. The molecule has 0 aromatic heterocycles. The van der Waals surface area contributed by atoms with Gasteiger partial charge in [-0.05, 0) is 31.6 Å². The molecule has 0 unspecified atom stereocenters. The van der Waals surface area contributed by atoms with Gasteiger partial charge >= 0.3 is 0 Å². The van der Waals surface area contributed by atoms with Crippen molar-refractivity contribution in [3.63, 3.8) is 0 Å². The minimum Gasteiger partial charge on any atom is -0.381 e. The Labute approximate surface area is 170 Å². The second-order valence-electron chi connectivity index (χ2n) is 6.21. The molecule has 0 atom stereocenters. The molecule has 1 aliphatic carbocycles. The second-order valence-corrected chi connectivity index (χ2v) is 8.14. The zero-order valence-electron chi connectivity index (χ0n) is 15.6. The highest BCUT2D eigenvalue weighted by Gasteiger charge is 2.19. The first kappa shape index (κ1) is 24.9. The predicted octanol–water partition coefficient (Wildman–Crippen LogP) is 1.70. The Morgan fingerprint density at radius 2 is 1.84 bits per heavy atom. The number of nitrogens with one attached hydrogen (secondary N) is 3. The number of hydrogen-bond acceptors (Lipinski definition) is 4. The minimum atomic E-state index is -3.21. The van der Waals surface area contributed by atoms with Crippen molar-refractivity contribution < 1.29 is 13.2 Å². The predicted molar refractivity (Wildman–Crippen MR) is 114 cm³/mol. The molecule has 150 valence electrons. The van der Waals surface area contributed by atoms with Gasteiger partial charge in [-0.15, -0.1) is 24.0 Å². The molecule has 3 N–H and O–H groups in total. The lowest BCUT2D eigenvalue weighted by Crippen LogP contribution is -2.42. The molecule has 1 saturated carbocycles. The molecule has 9 heteroatoms. The number of unbranched alkanes of at least 4 members (excludes halogenated alkanes) is 1. The highest BCUT2D eigenvalue weighted by atomic mass is 127. The summed E-state index contributed by atoms with van der Waals surface area (Å²) in [6.07, 6.45) is 6.64. The number of halogens is 1. The van der Waals surface area contributed by atoms with Crippen molar-refractivity contribution in [2.75, 3.05) is 45.6 Å². The van der Waals surface area contributed by atoms with E-state index in [2.05, 4.69) is 27.3 Å². The number of sulfonamides is 1. The molecule has 0 aliphatic heterocycles. The number of nitrogens with zero attached hydrogens (tertiary/aromatic N) is 1. The number of rotatable bonds is 13. The van der Waals surface area contributed by atoms with Gasteiger partial charge in [-0.2, -0.15) is 0 Å². The van der Waals surface area contributed by atoms with Crippen LogP contribution in [0.5, 0.6) is 0 Å². The SMILES string of the molecule is CCCCOCCCNC(=NC)NCCS(=O)(=O)NCC1CCC1.I. The summed E-state index contributed by atoms with van der Waals surface area (Å²) < 4.78 is 32.0. The van der Waals surface area contributed by atoms with Gasteiger partial charge in [0.25, 0.3) is 0 Å². The van der Waals surface area contributed by atoms with Crippen LogP contribution in [-0.4, -0.2) is 60.0 Å². The summed E-state index contributed by atoms with van der Waals surface area (Å²) in [4.78, 5) is 4.09. The zero-order valence-corrected chi connectivity index (χ0v) is 18.7. The summed E-state index contributed by atoms with van der Waals surface area (Å²) >= 11 is 0. The fraction of sp³-hybridized carbons (Fsp3) is 0.938. The fourth-order valence-electron chi connectivity index (χ4n) is 2.27. The minimum absolute atomic E-state index is 0. The van der Waals surface area contributed by atoms with E-state index in [1.165, 1.54) is 6.42 Å². The van der Waals surface area contributed by atoms with Gasteiger partial charge in [0.1, 0.15) is 0 Å². The lowest BCUT2D eigenvalue weighted by Gasteiger charge is -2.25. The largest absolute Gasteiger partial charge is 0.381 e. The Morgan fingerprint density at radius 3 is 2.44 bits per heavy atom. The van der Waals surface area contributed by atoms with Gasteiger partial charge in [0, 0.05) is 39.9 Å². The third-order valence-corrected chi connectivity index (χ3v) is 5.45. The summed E-state index contributed by atoms with van der Waals surface area (Å²) in [5.74, 6) is 1.21. The molecule has 0 radical (unpaired) electrons. The van der Waals surface area contributed by atoms with E-state index in [9.17, 15) is 8.42 Å². The van der Waals surface area contributed by atoms with Crippen LogP contribution in [0.15, 0.2) is 4.99 Å². The van der Waals surface area contributed by atoms with Crippen LogP contribution in [0, 0.1) is 5.92 Å². The van der Waals surface area contributed by atoms with Gasteiger partial charge in [-0.25, -0.2) is 13.1 Å². The van der Waals surface area contributed by atoms with Gasteiger partial charge in [-0.3, -0.25) is 4.99 Å². The maximum atomic E-state index is 11.9. The maximum Gasteiger partial charge on any atom is 0.213 e. The number of aliphatic imine (C=N–C) groups is 1. The Morgan fingerprint density at radius 1 is 1.16 bits per heavy atom. The molecule has 1 fully saturated rings. The van der Waals surface area contributed by atoms with Crippen molar-refractivity contribution in [3.8, 4) is 0 Å². The zero-order chi connectivity index (χ0) is 17.7. The van der Waals surface area contributed by atoms with Gasteiger partial charge in [-0.1, -0.05) is 19.8 Å². The molecular weight excluding hydrogens is 455 g/mol. The Hall–Kier alpha value is -0.130. The molecule has 1 rings (SSSR count). The van der Waals surface area contributed by atoms with Crippen LogP contribution in [-0.2, 0) is 14.8 Å². The summed E-state index contributed by atoms with van der Waals surface area (Å²) in [5, 5.41) is 6.19. The van der Waals surface area contributed by atoms with Crippen LogP contribution in [0.4, 0.5) is 0 Å². The Bertz CT molecular complexity index is 456. The molecule has 0 bridgehead atoms. The van der Waals surface area contributed by atoms with E-state index in [1.807, 2.05) is 0 Å². The monoisotopic (exact) mass is 490 g/mol. The molecule has 1 aliphatic rings. The van der Waals surface area contributed by atoms with Gasteiger partial charge in [0.05, 0.1) is 5.75 Å². The fourth-order valence-corrected chi connectivity index (χ4v) is 3.27. The van der Waals surface area contributed by atoms with Crippen molar-refractivity contribution in [2.45, 2.75) is 45.4 Å². The first-order chi connectivity index (χ1) is 11.6. The molecule has 0 saturated heterocycles. The maximum absolute atomic E-state index is 11.9. The topological polar surface area (TPSA) is 91.8 Å². The van der Waals surface area contributed by atoms with E-state index in [4.69, 9.17) is 4.74 Å². The highest BCUT2D eigenvalue weighted by molar-refractivity contribution is 14.0. The van der Waals surface area contributed by atoms with Crippen LogP contribution in [0.3, 0.4) is 0 Å². The molecule has 7 nitrogen and oxygen atoms in total. The average molecular weight is 490 g/mol. The molecule has 0 amide bonds. The molecular formula is C16H35IN4O3S. The van der Waals surface area contributed by atoms with E-state index in [-0.39, 0.29) is 29.7 Å². The Kier molecular flexibility index (Phi) is 14.9. The van der Waals surface area contributed by atoms with Crippen LogP contribution in [0.2, 0.25) is 0 Å². The number of guanidine groups is 1. The van der Waals surface area contributed by atoms with Crippen LogP contribution in [0.1, 0.15) is 45.4 Å². The Balaban J connectivity index is 0.00000576. The summed E-state index contributed by atoms with van der Waals surface area (Å²) in [6.45, 7) is 5.35. The first-order valence-electron chi connectivity index (χ1n) is 9.07. The quantitative estimate of drug-likeness (QED) is 0.158. The molecule has 0 aromatic rings. The van der Waals surface area contributed by atoms with Crippen LogP contribution in [0.25, 0.3) is 0 Å². The number of ether oxygens (including phenoxy) is 1. The van der Waals surface area contributed by atoms with E-state index in [1.54, 1.807) is 7.05 Å². The number of hydrogen-bond donors (Lipinski definition) is 3. The van der Waals surface area contributed by atoms with E-state index < -0.39 is 10.0 Å². The molecule has 0 aromatic carbocycles. The van der Waals surface area contributed by atoms with E-state index in [0.29, 0.717) is 25.0 Å². The summed E-state index contributed by atoms with van der Waals surface area (Å²) in [7, 11) is -1.53. The van der Waals surface area contributed by atoms with Crippen molar-refractivity contribution >= 4 is 40.0 Å². The molecule has 0 heterocycles. The molecule has 25 heavy (non-hydrogen) atoms. The van der Waals surface area contributed by atoms with Crippen molar-refractivity contribution in [3.05, 3.63) is 0 Å². The molecule has 0 spiro atoms.